The van der Waals surface area contributed by atoms with Gasteiger partial charge in [0.2, 0.25) is 0 Å². The Bertz CT molecular complexity index is 261. The Morgan fingerprint density at radius 2 is 1.33 bits per heavy atom. The maximum atomic E-state index is 10.9. The highest BCUT2D eigenvalue weighted by atomic mass is 16.3. The van der Waals surface area contributed by atoms with Crippen molar-refractivity contribution in [3.05, 3.63) is 0 Å². The molecule has 3 aliphatic rings. The monoisotopic (exact) mass is 250 g/mol. The van der Waals surface area contributed by atoms with Gasteiger partial charge >= 0.3 is 0 Å². The van der Waals surface area contributed by atoms with Crippen LogP contribution in [0.25, 0.3) is 0 Å². The molecule has 0 aromatic rings. The largest absolute Gasteiger partial charge is 0.390 e. The minimum absolute atomic E-state index is 0.282. The third-order valence-electron chi connectivity index (χ3n) is 6.30. The zero-order chi connectivity index (χ0) is 12.5. The average Bonchev–Trinajstić information content (AvgIpc) is 2.84. The molecule has 1 spiro atoms. The topological polar surface area (TPSA) is 20.2 Å². The fraction of sp³-hybridized carbons (Fsp3) is 1.00. The zero-order valence-electron chi connectivity index (χ0n) is 11.9. The van der Waals surface area contributed by atoms with Crippen LogP contribution in [0.15, 0.2) is 0 Å². The van der Waals surface area contributed by atoms with Crippen molar-refractivity contribution in [3.8, 4) is 0 Å². The Balaban J connectivity index is 1.53. The van der Waals surface area contributed by atoms with E-state index in [4.69, 9.17) is 0 Å². The maximum Gasteiger partial charge on any atom is 0.0650 e. The lowest BCUT2D eigenvalue weighted by Crippen LogP contribution is -2.39. The fourth-order valence-corrected chi connectivity index (χ4v) is 5.00. The third kappa shape index (κ3) is 2.76. The lowest BCUT2D eigenvalue weighted by atomic mass is 9.65. The van der Waals surface area contributed by atoms with Crippen molar-refractivity contribution in [2.45, 2.75) is 95.5 Å². The molecule has 104 valence electrons. The first kappa shape index (κ1) is 13.0. The SMILES string of the molecule is OC1(CC2CCCCC2)CCC2(CCCC2)CC1. The van der Waals surface area contributed by atoms with Crippen molar-refractivity contribution >= 4 is 0 Å². The van der Waals surface area contributed by atoms with Crippen LogP contribution in [0.5, 0.6) is 0 Å². The van der Waals surface area contributed by atoms with E-state index >= 15 is 0 Å². The van der Waals surface area contributed by atoms with Crippen molar-refractivity contribution in [1.29, 1.82) is 0 Å². The summed E-state index contributed by atoms with van der Waals surface area (Å²) in [5, 5.41) is 10.9. The minimum Gasteiger partial charge on any atom is -0.390 e. The van der Waals surface area contributed by atoms with Crippen LogP contribution in [0.1, 0.15) is 89.9 Å². The van der Waals surface area contributed by atoms with Gasteiger partial charge in [-0.05, 0) is 56.3 Å². The molecule has 3 saturated carbocycles. The van der Waals surface area contributed by atoms with E-state index in [0.717, 1.165) is 25.2 Å². The molecule has 1 nitrogen and oxygen atoms in total. The van der Waals surface area contributed by atoms with Gasteiger partial charge in [-0.1, -0.05) is 44.9 Å². The number of aliphatic hydroxyl groups is 1. The van der Waals surface area contributed by atoms with Crippen molar-refractivity contribution in [1.82, 2.24) is 0 Å². The second-order valence-electron chi connectivity index (χ2n) is 7.64. The summed E-state index contributed by atoms with van der Waals surface area (Å²) in [6, 6.07) is 0. The van der Waals surface area contributed by atoms with Crippen LogP contribution in [-0.4, -0.2) is 10.7 Å². The summed E-state index contributed by atoms with van der Waals surface area (Å²) in [5.74, 6) is 0.835. The lowest BCUT2D eigenvalue weighted by molar-refractivity contribution is -0.0525. The average molecular weight is 250 g/mol. The van der Waals surface area contributed by atoms with E-state index in [0.29, 0.717) is 5.41 Å². The van der Waals surface area contributed by atoms with Crippen LogP contribution in [0.2, 0.25) is 0 Å². The smallest absolute Gasteiger partial charge is 0.0650 e. The summed E-state index contributed by atoms with van der Waals surface area (Å²) in [6.45, 7) is 0. The van der Waals surface area contributed by atoms with Crippen LogP contribution in [0.3, 0.4) is 0 Å². The molecule has 0 unspecified atom stereocenters. The predicted octanol–water partition coefficient (Wildman–Crippen LogP) is 4.82. The molecule has 0 aromatic heterocycles. The highest BCUT2D eigenvalue weighted by Gasteiger charge is 2.43. The van der Waals surface area contributed by atoms with E-state index in [2.05, 4.69) is 0 Å². The highest BCUT2D eigenvalue weighted by molar-refractivity contribution is 4.96. The van der Waals surface area contributed by atoms with Gasteiger partial charge in [0, 0.05) is 0 Å². The molecule has 0 amide bonds. The number of hydrogen-bond acceptors (Lipinski definition) is 1. The summed E-state index contributed by atoms with van der Waals surface area (Å²) < 4.78 is 0. The van der Waals surface area contributed by atoms with E-state index in [1.165, 1.54) is 70.6 Å². The summed E-state index contributed by atoms with van der Waals surface area (Å²) >= 11 is 0. The third-order valence-corrected chi connectivity index (χ3v) is 6.30. The molecule has 3 rings (SSSR count). The Morgan fingerprint density at radius 3 is 1.94 bits per heavy atom. The molecule has 1 heteroatoms. The van der Waals surface area contributed by atoms with Crippen LogP contribution >= 0.6 is 0 Å². The van der Waals surface area contributed by atoms with Crippen molar-refractivity contribution in [3.63, 3.8) is 0 Å². The lowest BCUT2D eigenvalue weighted by Gasteiger charge is -2.44. The minimum atomic E-state index is -0.282. The quantitative estimate of drug-likeness (QED) is 0.744. The Labute approximate surface area is 112 Å². The number of hydrogen-bond donors (Lipinski definition) is 1. The Kier molecular flexibility index (Phi) is 3.71. The van der Waals surface area contributed by atoms with Crippen molar-refractivity contribution in [2.24, 2.45) is 11.3 Å². The number of rotatable bonds is 2. The first-order chi connectivity index (χ1) is 8.70. The van der Waals surface area contributed by atoms with E-state index in [9.17, 15) is 5.11 Å². The van der Waals surface area contributed by atoms with Gasteiger partial charge in [-0.3, -0.25) is 0 Å². The molecule has 0 atom stereocenters. The first-order valence-electron chi connectivity index (χ1n) is 8.42. The molecule has 3 aliphatic carbocycles. The van der Waals surface area contributed by atoms with Gasteiger partial charge in [0.15, 0.2) is 0 Å². The van der Waals surface area contributed by atoms with Gasteiger partial charge in [-0.15, -0.1) is 0 Å². The van der Waals surface area contributed by atoms with Crippen LogP contribution in [0, 0.1) is 11.3 Å². The van der Waals surface area contributed by atoms with E-state index in [1.54, 1.807) is 0 Å². The molecule has 0 radical (unpaired) electrons. The standard InChI is InChI=1S/C17H30O/c18-17(14-15-6-2-1-3-7-15)12-10-16(11-13-17)8-4-5-9-16/h15,18H,1-14H2. The second kappa shape index (κ2) is 5.15. The first-order valence-corrected chi connectivity index (χ1v) is 8.42. The van der Waals surface area contributed by atoms with Crippen LogP contribution in [-0.2, 0) is 0 Å². The zero-order valence-corrected chi connectivity index (χ0v) is 11.9. The van der Waals surface area contributed by atoms with Crippen LogP contribution in [0.4, 0.5) is 0 Å². The Hall–Kier alpha value is -0.0400. The summed E-state index contributed by atoms with van der Waals surface area (Å²) in [7, 11) is 0. The molecular formula is C17H30O. The van der Waals surface area contributed by atoms with Crippen LogP contribution < -0.4 is 0 Å². The Morgan fingerprint density at radius 1 is 0.722 bits per heavy atom. The molecule has 18 heavy (non-hydrogen) atoms. The van der Waals surface area contributed by atoms with Crippen molar-refractivity contribution in [2.75, 3.05) is 0 Å². The predicted molar refractivity (Wildman–Crippen MR) is 75.5 cm³/mol. The summed E-state index contributed by atoms with van der Waals surface area (Å²) in [4.78, 5) is 0. The second-order valence-corrected chi connectivity index (χ2v) is 7.64. The van der Waals surface area contributed by atoms with E-state index < -0.39 is 0 Å². The van der Waals surface area contributed by atoms with Gasteiger partial charge < -0.3 is 5.11 Å². The maximum absolute atomic E-state index is 10.9. The van der Waals surface area contributed by atoms with Crippen molar-refractivity contribution < 1.29 is 5.11 Å². The normalized spacial score (nSPS) is 31.8. The van der Waals surface area contributed by atoms with Gasteiger partial charge in [0.05, 0.1) is 5.60 Å². The van der Waals surface area contributed by atoms with Gasteiger partial charge in [0.1, 0.15) is 0 Å². The molecule has 0 aliphatic heterocycles. The molecule has 3 fully saturated rings. The highest BCUT2D eigenvalue weighted by Crippen LogP contribution is 2.52. The molecule has 0 heterocycles. The summed E-state index contributed by atoms with van der Waals surface area (Å²) in [5.41, 5.74) is 0.384. The van der Waals surface area contributed by atoms with Gasteiger partial charge in [0.25, 0.3) is 0 Å². The molecule has 0 bridgehead atoms. The molecule has 0 aromatic carbocycles. The molecule has 1 N–H and O–H groups in total. The van der Waals surface area contributed by atoms with E-state index in [-0.39, 0.29) is 5.60 Å². The summed E-state index contributed by atoms with van der Waals surface area (Å²) in [6.07, 6.45) is 18.7. The van der Waals surface area contributed by atoms with Gasteiger partial charge in [-0.25, -0.2) is 0 Å². The molecule has 0 saturated heterocycles. The molecular weight excluding hydrogens is 220 g/mol. The van der Waals surface area contributed by atoms with Gasteiger partial charge in [-0.2, -0.15) is 0 Å². The van der Waals surface area contributed by atoms with E-state index in [1.807, 2.05) is 0 Å². The fourth-order valence-electron chi connectivity index (χ4n) is 5.00.